The van der Waals surface area contributed by atoms with Crippen molar-refractivity contribution < 1.29 is 19.2 Å². The summed E-state index contributed by atoms with van der Waals surface area (Å²) in [5, 5.41) is 11.1. The fourth-order valence-corrected chi connectivity index (χ4v) is 2.60. The second kappa shape index (κ2) is 8.02. The van der Waals surface area contributed by atoms with Crippen LogP contribution in [-0.4, -0.2) is 59.8 Å². The number of hydrogen-bond acceptors (Lipinski definition) is 6. The first-order chi connectivity index (χ1) is 12.5. The summed E-state index contributed by atoms with van der Waals surface area (Å²) in [6, 6.07) is 7.49. The first kappa shape index (κ1) is 20.8. The van der Waals surface area contributed by atoms with Crippen molar-refractivity contribution in [3.05, 3.63) is 34.4 Å². The molecule has 0 N–H and O–H groups in total. The average Bonchev–Trinajstić information content (AvgIpc) is 2.59. The molecule has 0 atom stereocenters. The number of carbonyl (C=O) groups excluding carboxylic acids is 1. The van der Waals surface area contributed by atoms with Crippen LogP contribution in [0, 0.1) is 10.1 Å². The van der Waals surface area contributed by atoms with E-state index in [-0.39, 0.29) is 17.6 Å². The topological polar surface area (TPSA) is 85.2 Å². The lowest BCUT2D eigenvalue weighted by Crippen LogP contribution is -2.50. The monoisotopic (exact) mass is 379 g/mol. The van der Waals surface area contributed by atoms with E-state index < -0.39 is 11.1 Å². The predicted molar refractivity (Wildman–Crippen MR) is 103 cm³/mol. The molecule has 27 heavy (non-hydrogen) atoms. The number of piperazine rings is 1. The standard InChI is InChI=1S/C19H29N3O5/c1-18(2,3)27-17(23)21-12-10-20(11-13-21)15-8-6-7-9-16(15)26-14-19(4,5)22(24)25/h6-9H,10-14H2,1-5H3. The van der Waals surface area contributed by atoms with Gasteiger partial charge in [-0.2, -0.15) is 0 Å². The summed E-state index contributed by atoms with van der Waals surface area (Å²) in [6.07, 6.45) is -0.306. The summed E-state index contributed by atoms with van der Waals surface area (Å²) in [6.45, 7) is 11.0. The number of ether oxygens (including phenoxy) is 2. The van der Waals surface area contributed by atoms with E-state index in [1.54, 1.807) is 4.90 Å². The molecule has 150 valence electrons. The molecule has 0 saturated carbocycles. The van der Waals surface area contributed by atoms with Crippen LogP contribution in [0.15, 0.2) is 24.3 Å². The van der Waals surface area contributed by atoms with Crippen LogP contribution in [-0.2, 0) is 4.74 Å². The molecule has 0 spiro atoms. The van der Waals surface area contributed by atoms with Gasteiger partial charge in [-0.15, -0.1) is 0 Å². The summed E-state index contributed by atoms with van der Waals surface area (Å²) in [5.74, 6) is 0.609. The largest absolute Gasteiger partial charge is 0.484 e. The van der Waals surface area contributed by atoms with Gasteiger partial charge in [-0.3, -0.25) is 10.1 Å². The van der Waals surface area contributed by atoms with Crippen molar-refractivity contribution in [3.8, 4) is 5.75 Å². The van der Waals surface area contributed by atoms with Crippen LogP contribution in [0.5, 0.6) is 5.75 Å². The molecule has 1 saturated heterocycles. The minimum atomic E-state index is -1.16. The van der Waals surface area contributed by atoms with Crippen molar-refractivity contribution in [2.45, 2.75) is 45.8 Å². The van der Waals surface area contributed by atoms with E-state index >= 15 is 0 Å². The summed E-state index contributed by atoms with van der Waals surface area (Å²) in [7, 11) is 0. The molecular weight excluding hydrogens is 350 g/mol. The highest BCUT2D eigenvalue weighted by Gasteiger charge is 2.32. The number of benzene rings is 1. The Morgan fingerprint density at radius 1 is 1.11 bits per heavy atom. The van der Waals surface area contributed by atoms with Crippen molar-refractivity contribution in [1.82, 2.24) is 4.90 Å². The first-order valence-corrected chi connectivity index (χ1v) is 9.09. The lowest BCUT2D eigenvalue weighted by Gasteiger charge is -2.37. The van der Waals surface area contributed by atoms with Gasteiger partial charge in [0.05, 0.1) is 5.69 Å². The summed E-state index contributed by atoms with van der Waals surface area (Å²) in [5.41, 5.74) is -0.804. The Morgan fingerprint density at radius 3 is 2.26 bits per heavy atom. The van der Waals surface area contributed by atoms with Gasteiger partial charge >= 0.3 is 6.09 Å². The molecule has 2 rings (SSSR count). The molecule has 1 aromatic carbocycles. The third kappa shape index (κ3) is 5.74. The Morgan fingerprint density at radius 2 is 1.70 bits per heavy atom. The first-order valence-electron chi connectivity index (χ1n) is 9.09. The van der Waals surface area contributed by atoms with Gasteiger partial charge < -0.3 is 19.3 Å². The van der Waals surface area contributed by atoms with E-state index in [9.17, 15) is 14.9 Å². The van der Waals surface area contributed by atoms with Crippen molar-refractivity contribution in [3.63, 3.8) is 0 Å². The number of nitrogens with zero attached hydrogens (tertiary/aromatic N) is 3. The van der Waals surface area contributed by atoms with Crippen molar-refractivity contribution in [2.75, 3.05) is 37.7 Å². The molecule has 1 aliphatic heterocycles. The third-order valence-corrected chi connectivity index (χ3v) is 4.21. The highest BCUT2D eigenvalue weighted by molar-refractivity contribution is 5.69. The van der Waals surface area contributed by atoms with Crippen LogP contribution in [0.4, 0.5) is 10.5 Å². The Balaban J connectivity index is 2.00. The molecule has 0 aliphatic carbocycles. The minimum Gasteiger partial charge on any atom is -0.484 e. The molecule has 1 aromatic rings. The number of anilines is 1. The zero-order chi connectivity index (χ0) is 20.2. The molecule has 1 heterocycles. The van der Waals surface area contributed by atoms with Gasteiger partial charge in [0.2, 0.25) is 5.54 Å². The predicted octanol–water partition coefficient (Wildman–Crippen LogP) is 3.18. The quantitative estimate of drug-likeness (QED) is 0.577. The summed E-state index contributed by atoms with van der Waals surface area (Å²) < 4.78 is 11.2. The highest BCUT2D eigenvalue weighted by Crippen LogP contribution is 2.30. The molecular formula is C19H29N3O5. The lowest BCUT2D eigenvalue weighted by molar-refractivity contribution is -0.562. The number of carbonyl (C=O) groups is 1. The zero-order valence-corrected chi connectivity index (χ0v) is 16.7. The zero-order valence-electron chi connectivity index (χ0n) is 16.7. The smallest absolute Gasteiger partial charge is 0.410 e. The van der Waals surface area contributed by atoms with E-state index in [0.29, 0.717) is 31.9 Å². The number of rotatable bonds is 5. The summed E-state index contributed by atoms with van der Waals surface area (Å²) in [4.78, 5) is 26.8. The minimum absolute atomic E-state index is 0.0190. The second-order valence-corrected chi connectivity index (χ2v) is 8.28. The maximum atomic E-state index is 12.2. The van der Waals surface area contributed by atoms with Crippen LogP contribution in [0.25, 0.3) is 0 Å². The fraction of sp³-hybridized carbons (Fsp3) is 0.632. The van der Waals surface area contributed by atoms with Gasteiger partial charge in [-0.1, -0.05) is 12.1 Å². The number of hydrogen-bond donors (Lipinski definition) is 0. The van der Waals surface area contributed by atoms with E-state index in [1.807, 2.05) is 45.0 Å². The molecule has 8 heteroatoms. The second-order valence-electron chi connectivity index (χ2n) is 8.28. The number of para-hydroxylation sites is 2. The van der Waals surface area contributed by atoms with Crippen molar-refractivity contribution >= 4 is 11.8 Å². The van der Waals surface area contributed by atoms with Crippen LogP contribution < -0.4 is 9.64 Å². The Labute approximate surface area is 160 Å². The van der Waals surface area contributed by atoms with Gasteiger partial charge in [-0.05, 0) is 32.9 Å². The maximum absolute atomic E-state index is 12.2. The SMILES string of the molecule is CC(C)(C)OC(=O)N1CCN(c2ccccc2OCC(C)(C)[N+](=O)[O-])CC1. The Hall–Kier alpha value is -2.51. The Kier molecular flexibility index (Phi) is 6.18. The molecule has 1 fully saturated rings. The van der Waals surface area contributed by atoms with Crippen LogP contribution in [0.2, 0.25) is 0 Å². The molecule has 0 unspecified atom stereocenters. The van der Waals surface area contributed by atoms with Gasteiger partial charge in [0, 0.05) is 44.9 Å². The fourth-order valence-electron chi connectivity index (χ4n) is 2.60. The Bertz CT molecular complexity index is 676. The van der Waals surface area contributed by atoms with Crippen molar-refractivity contribution in [2.24, 2.45) is 0 Å². The lowest BCUT2D eigenvalue weighted by atomic mass is 10.1. The van der Waals surface area contributed by atoms with Gasteiger partial charge in [-0.25, -0.2) is 4.79 Å². The average molecular weight is 379 g/mol. The van der Waals surface area contributed by atoms with Gasteiger partial charge in [0.15, 0.2) is 6.61 Å². The van der Waals surface area contributed by atoms with Gasteiger partial charge in [0.25, 0.3) is 0 Å². The maximum Gasteiger partial charge on any atom is 0.410 e. The number of nitro groups is 1. The van der Waals surface area contributed by atoms with E-state index in [4.69, 9.17) is 9.47 Å². The van der Waals surface area contributed by atoms with Gasteiger partial charge in [0.1, 0.15) is 11.4 Å². The van der Waals surface area contributed by atoms with E-state index in [2.05, 4.69) is 4.90 Å². The molecule has 0 radical (unpaired) electrons. The number of amides is 1. The molecule has 0 aromatic heterocycles. The molecule has 0 bridgehead atoms. The third-order valence-electron chi connectivity index (χ3n) is 4.21. The van der Waals surface area contributed by atoms with E-state index in [1.165, 1.54) is 13.8 Å². The van der Waals surface area contributed by atoms with Crippen LogP contribution >= 0.6 is 0 Å². The summed E-state index contributed by atoms with van der Waals surface area (Å²) >= 11 is 0. The van der Waals surface area contributed by atoms with Crippen LogP contribution in [0.3, 0.4) is 0 Å². The molecule has 1 amide bonds. The van der Waals surface area contributed by atoms with Crippen molar-refractivity contribution in [1.29, 1.82) is 0 Å². The highest BCUT2D eigenvalue weighted by atomic mass is 16.6. The van der Waals surface area contributed by atoms with Crippen LogP contribution in [0.1, 0.15) is 34.6 Å². The molecule has 8 nitrogen and oxygen atoms in total. The normalized spacial score (nSPS) is 15.4. The van der Waals surface area contributed by atoms with E-state index in [0.717, 1.165) is 5.69 Å². The molecule has 1 aliphatic rings.